The predicted molar refractivity (Wildman–Crippen MR) is 223 cm³/mol. The molecule has 0 saturated carbocycles. The summed E-state index contributed by atoms with van der Waals surface area (Å²) in [5.41, 5.74) is 8.02. The van der Waals surface area contributed by atoms with Gasteiger partial charge in [-0.3, -0.25) is 14.6 Å². The molecule has 310 valence electrons. The van der Waals surface area contributed by atoms with Crippen molar-refractivity contribution >= 4 is 46.2 Å². The summed E-state index contributed by atoms with van der Waals surface area (Å²) in [6, 6.07) is 13.0. The van der Waals surface area contributed by atoms with Crippen molar-refractivity contribution in [2.24, 2.45) is 16.8 Å². The number of imidazole rings is 1. The van der Waals surface area contributed by atoms with Crippen molar-refractivity contribution in [3.63, 3.8) is 0 Å². The first-order valence-electron chi connectivity index (χ1n) is 20.7. The van der Waals surface area contributed by atoms with E-state index < -0.39 is 24.3 Å². The molecule has 3 aromatic carbocycles. The second-order valence-electron chi connectivity index (χ2n) is 16.7. The fourth-order valence-electron chi connectivity index (χ4n) is 9.35. The maximum Gasteiger partial charge on any atom is 0.407 e. The monoisotopic (exact) mass is 803 g/mol. The average molecular weight is 804 g/mol. The number of aliphatic imine (C=N–C) groups is 1. The first kappa shape index (κ1) is 39.9. The summed E-state index contributed by atoms with van der Waals surface area (Å²) in [6.45, 7) is 10.7. The van der Waals surface area contributed by atoms with Crippen LogP contribution in [0.2, 0.25) is 0 Å². The molecule has 6 atom stereocenters. The summed E-state index contributed by atoms with van der Waals surface area (Å²) in [7, 11) is 2.58. The minimum atomic E-state index is -0.714. The first-order valence-corrected chi connectivity index (χ1v) is 20.7. The van der Waals surface area contributed by atoms with Gasteiger partial charge in [0.15, 0.2) is 0 Å². The molecule has 0 bridgehead atoms. The average Bonchev–Trinajstić information content (AvgIpc) is 4.06. The van der Waals surface area contributed by atoms with E-state index >= 15 is 0 Å². The zero-order chi connectivity index (χ0) is 41.7. The van der Waals surface area contributed by atoms with E-state index in [0.29, 0.717) is 31.3 Å². The molecule has 2 saturated heterocycles. The lowest BCUT2D eigenvalue weighted by atomic mass is 9.90. The van der Waals surface area contributed by atoms with E-state index in [9.17, 15) is 19.2 Å². The number of carbonyl (C=O) groups excluding carboxylic acids is 4. The quantitative estimate of drug-likeness (QED) is 0.159. The van der Waals surface area contributed by atoms with Crippen LogP contribution in [-0.4, -0.2) is 94.4 Å². The van der Waals surface area contributed by atoms with Crippen LogP contribution in [0, 0.1) is 11.8 Å². The van der Waals surface area contributed by atoms with Crippen LogP contribution in [0.1, 0.15) is 83.3 Å². The second kappa shape index (κ2) is 16.0. The van der Waals surface area contributed by atoms with Crippen molar-refractivity contribution < 1.29 is 33.4 Å². The summed E-state index contributed by atoms with van der Waals surface area (Å²) >= 11 is 0. The zero-order valence-corrected chi connectivity index (χ0v) is 34.8. The largest absolute Gasteiger partial charge is 0.488 e. The molecule has 4 aromatic rings. The second-order valence-corrected chi connectivity index (χ2v) is 16.7. The zero-order valence-electron chi connectivity index (χ0n) is 34.8. The molecule has 0 unspecified atom stereocenters. The molecule has 2 fully saturated rings. The highest BCUT2D eigenvalue weighted by Crippen LogP contribution is 2.45. The normalized spacial score (nSPS) is 21.6. The molecule has 0 radical (unpaired) electrons. The number of hydrogen-bond donors (Lipinski definition) is 3. The number of likely N-dealkylation sites (tertiary alicyclic amines) is 2. The van der Waals surface area contributed by atoms with Crippen molar-refractivity contribution in [1.82, 2.24) is 30.4 Å². The number of fused-ring (bicyclic) bond motifs is 6. The Labute approximate surface area is 344 Å². The van der Waals surface area contributed by atoms with Crippen LogP contribution in [0.25, 0.3) is 33.2 Å². The Morgan fingerprint density at radius 1 is 0.949 bits per heavy atom. The van der Waals surface area contributed by atoms with Crippen LogP contribution < -0.4 is 15.4 Å². The maximum absolute atomic E-state index is 13.9. The highest BCUT2D eigenvalue weighted by Gasteiger charge is 2.42. The number of H-pyrrole nitrogens is 1. The van der Waals surface area contributed by atoms with E-state index in [1.54, 1.807) is 6.92 Å². The highest BCUT2D eigenvalue weighted by molar-refractivity contribution is 6.06. The number of carbonyl (C=O) groups is 4. The Hall–Kier alpha value is -5.92. The van der Waals surface area contributed by atoms with Crippen molar-refractivity contribution in [2.45, 2.75) is 104 Å². The van der Waals surface area contributed by atoms with E-state index in [-0.39, 0.29) is 35.9 Å². The summed E-state index contributed by atoms with van der Waals surface area (Å²) in [6.07, 6.45) is 4.57. The third-order valence-electron chi connectivity index (χ3n) is 12.7. The molecule has 4 aliphatic heterocycles. The van der Waals surface area contributed by atoms with Gasteiger partial charge >= 0.3 is 12.2 Å². The van der Waals surface area contributed by atoms with E-state index in [1.807, 2.05) is 36.8 Å². The van der Waals surface area contributed by atoms with Crippen LogP contribution in [0.5, 0.6) is 5.75 Å². The van der Waals surface area contributed by atoms with Gasteiger partial charge in [-0.2, -0.15) is 0 Å². The molecule has 8 rings (SSSR count). The maximum atomic E-state index is 13.9. The number of rotatable bonds is 9. The fraction of sp³-hybridized carbons (Fsp3) is 0.467. The van der Waals surface area contributed by atoms with Crippen molar-refractivity contribution in [3.05, 3.63) is 65.6 Å². The number of hydrogen-bond acceptors (Lipinski definition) is 9. The highest BCUT2D eigenvalue weighted by atomic mass is 16.5. The Morgan fingerprint density at radius 2 is 1.73 bits per heavy atom. The van der Waals surface area contributed by atoms with Crippen molar-refractivity contribution in [1.29, 1.82) is 0 Å². The number of amides is 4. The fourth-order valence-corrected chi connectivity index (χ4v) is 9.35. The molecular weight excluding hydrogens is 751 g/mol. The summed E-state index contributed by atoms with van der Waals surface area (Å²) in [4.78, 5) is 68.6. The standard InChI is InChI=1S/C45H53N7O7/c1-8-26-15-38(51(21-26)42(53)25(5)47-44(55)57-6)35-18-32-31-19-39-33(17-27(31)11-13-34(32)48-35)30-12-10-28(16-29(30)22-59-39)36-20-46-41(49-36)37-14-9-24(4)52(37)43(54)40(23(2)3)50-45(56)58-7/h10-13,16-17,19-20,23-26,37-38,40H,8-9,14-15,18,21-22H2,1-7H3,(H,46,49)(H,47,55)(H,50,56)/t24-,25-,26-,37-,38-,40-/m0/s1. The van der Waals surface area contributed by atoms with Gasteiger partial charge in [0, 0.05) is 30.3 Å². The van der Waals surface area contributed by atoms with Gasteiger partial charge < -0.3 is 39.6 Å². The van der Waals surface area contributed by atoms with Gasteiger partial charge in [-0.05, 0) is 102 Å². The van der Waals surface area contributed by atoms with E-state index in [1.165, 1.54) is 14.2 Å². The van der Waals surface area contributed by atoms with Crippen LogP contribution in [-0.2, 0) is 32.1 Å². The molecule has 5 heterocycles. The number of nitrogens with zero attached hydrogens (tertiary/aromatic N) is 4. The molecule has 14 nitrogen and oxygen atoms in total. The van der Waals surface area contributed by atoms with Gasteiger partial charge in [0.2, 0.25) is 11.8 Å². The van der Waals surface area contributed by atoms with Crippen molar-refractivity contribution in [2.75, 3.05) is 20.8 Å². The Morgan fingerprint density at radius 3 is 2.47 bits per heavy atom. The van der Waals surface area contributed by atoms with E-state index in [2.05, 4.69) is 65.0 Å². The molecule has 1 aromatic heterocycles. The number of methoxy groups -OCH3 is 2. The lowest BCUT2D eigenvalue weighted by Crippen LogP contribution is -2.52. The summed E-state index contributed by atoms with van der Waals surface area (Å²) < 4.78 is 16.0. The third kappa shape index (κ3) is 7.38. The number of aromatic amines is 1. The van der Waals surface area contributed by atoms with E-state index in [0.717, 1.165) is 87.1 Å². The number of alkyl carbamates (subject to hydrolysis) is 2. The number of benzene rings is 3. The first-order chi connectivity index (χ1) is 28.4. The summed E-state index contributed by atoms with van der Waals surface area (Å²) in [5.74, 6) is 1.48. The molecule has 0 aliphatic carbocycles. The van der Waals surface area contributed by atoms with Gasteiger partial charge in [-0.15, -0.1) is 0 Å². The molecule has 4 amide bonds. The third-order valence-corrected chi connectivity index (χ3v) is 12.7. The van der Waals surface area contributed by atoms with Gasteiger partial charge in [-0.1, -0.05) is 45.4 Å². The minimum absolute atomic E-state index is 0.0107. The molecular formula is C45H53N7O7. The smallest absolute Gasteiger partial charge is 0.407 e. The topological polar surface area (TPSA) is 168 Å². The molecule has 3 N–H and O–H groups in total. The lowest BCUT2D eigenvalue weighted by molar-refractivity contribution is -0.137. The SMILES string of the molecule is CC[C@H]1C[C@@H](C2=Nc3ccc4cc5c(cc4c3C2)OCc2cc(-c3cnc([C@@H]4CC[C@H](C)N4C(=O)[C@@H](NC(=O)OC)C(C)C)[nH]3)ccc2-5)N(C(=O)[C@H](C)NC(=O)OC)C1. The number of aromatic nitrogens is 2. The van der Waals surface area contributed by atoms with Crippen LogP contribution in [0.3, 0.4) is 0 Å². The van der Waals surface area contributed by atoms with Gasteiger partial charge in [0.1, 0.15) is 30.3 Å². The predicted octanol–water partition coefficient (Wildman–Crippen LogP) is 7.22. The van der Waals surface area contributed by atoms with Gasteiger partial charge in [0.05, 0.1) is 43.9 Å². The molecule has 14 heteroatoms. The number of ether oxygens (including phenoxy) is 3. The Bertz CT molecular complexity index is 2350. The Balaban J connectivity index is 1.01. The molecule has 0 spiro atoms. The Kier molecular flexibility index (Phi) is 10.8. The van der Waals surface area contributed by atoms with Gasteiger partial charge in [0.25, 0.3) is 0 Å². The van der Waals surface area contributed by atoms with Crippen LogP contribution in [0.4, 0.5) is 15.3 Å². The number of nitrogens with one attached hydrogen (secondary N) is 3. The van der Waals surface area contributed by atoms with Crippen molar-refractivity contribution in [3.8, 4) is 28.1 Å². The summed E-state index contributed by atoms with van der Waals surface area (Å²) in [5, 5.41) is 7.54. The van der Waals surface area contributed by atoms with Crippen LogP contribution >= 0.6 is 0 Å². The van der Waals surface area contributed by atoms with Crippen LogP contribution in [0.15, 0.2) is 53.7 Å². The lowest BCUT2D eigenvalue weighted by Gasteiger charge is -2.32. The molecule has 4 aliphatic rings. The molecule has 59 heavy (non-hydrogen) atoms. The minimum Gasteiger partial charge on any atom is -0.488 e. The van der Waals surface area contributed by atoms with Gasteiger partial charge in [-0.25, -0.2) is 14.6 Å². The van der Waals surface area contributed by atoms with E-state index in [4.69, 9.17) is 24.2 Å².